The Labute approximate surface area is 212 Å². The highest BCUT2D eigenvalue weighted by atomic mass is 19.4. The van der Waals surface area contributed by atoms with E-state index >= 15 is 0 Å². The summed E-state index contributed by atoms with van der Waals surface area (Å²) in [6.45, 7) is 5.33. The smallest absolute Gasteiger partial charge is 0.379 e. The number of anilines is 1. The number of hydrogen-bond acceptors (Lipinski definition) is 6. The van der Waals surface area contributed by atoms with E-state index in [1.807, 2.05) is 12.1 Å². The van der Waals surface area contributed by atoms with E-state index in [2.05, 4.69) is 25.3 Å². The number of nitrogens with one attached hydrogen (secondary N) is 1. The monoisotopic (exact) mass is 514 g/mol. The molecule has 3 aromatic heterocycles. The Hall–Kier alpha value is -3.31. The minimum atomic E-state index is -4.47. The summed E-state index contributed by atoms with van der Waals surface area (Å²) in [6.07, 6.45) is 3.81. The molecule has 37 heavy (non-hydrogen) atoms. The Morgan fingerprint density at radius 3 is 2.38 bits per heavy atom. The number of amides is 1. The van der Waals surface area contributed by atoms with Gasteiger partial charge in [-0.1, -0.05) is 0 Å². The first-order chi connectivity index (χ1) is 17.8. The van der Waals surface area contributed by atoms with Gasteiger partial charge in [0.15, 0.2) is 5.82 Å². The predicted molar refractivity (Wildman–Crippen MR) is 131 cm³/mol. The lowest BCUT2D eigenvalue weighted by atomic mass is 9.83. The Bertz CT molecular complexity index is 1210. The number of nitrogens with zero attached hydrogens (tertiary/aromatic N) is 5. The molecule has 1 saturated heterocycles. The van der Waals surface area contributed by atoms with Crippen LogP contribution in [0.5, 0.6) is 0 Å². The fourth-order valence-corrected chi connectivity index (χ4v) is 5.14. The quantitative estimate of drug-likeness (QED) is 0.536. The number of carbonyl (C=O) groups excluding carboxylic acids is 1. The summed E-state index contributed by atoms with van der Waals surface area (Å²) < 4.78 is 45.2. The van der Waals surface area contributed by atoms with Crippen LogP contribution in [0, 0.1) is 6.92 Å². The fourth-order valence-electron chi connectivity index (χ4n) is 5.14. The number of hydrogen-bond donors (Lipinski definition) is 1. The molecule has 1 aliphatic carbocycles. The summed E-state index contributed by atoms with van der Waals surface area (Å²) in [5.41, 5.74) is 1.52. The van der Waals surface area contributed by atoms with Crippen LogP contribution in [0.1, 0.15) is 58.9 Å². The van der Waals surface area contributed by atoms with Crippen LogP contribution in [0.25, 0.3) is 5.82 Å². The lowest BCUT2D eigenvalue weighted by Gasteiger charge is -2.38. The Morgan fingerprint density at radius 2 is 1.76 bits per heavy atom. The number of ether oxygens (including phenoxy) is 1. The minimum Gasteiger partial charge on any atom is -0.379 e. The van der Waals surface area contributed by atoms with Crippen molar-refractivity contribution in [3.05, 3.63) is 65.4 Å². The zero-order valence-electron chi connectivity index (χ0n) is 20.5. The highest BCUT2D eigenvalue weighted by Crippen LogP contribution is 2.34. The summed E-state index contributed by atoms with van der Waals surface area (Å²) in [4.78, 5) is 23.9. The van der Waals surface area contributed by atoms with Gasteiger partial charge in [0.1, 0.15) is 0 Å². The summed E-state index contributed by atoms with van der Waals surface area (Å²) in [5, 5.41) is 6.97. The maximum absolute atomic E-state index is 12.9. The minimum absolute atomic E-state index is 0.193. The van der Waals surface area contributed by atoms with Gasteiger partial charge in [-0.15, -0.1) is 0 Å². The number of pyridine rings is 2. The van der Waals surface area contributed by atoms with Crippen LogP contribution in [-0.4, -0.2) is 62.9 Å². The van der Waals surface area contributed by atoms with Crippen molar-refractivity contribution in [2.24, 2.45) is 0 Å². The van der Waals surface area contributed by atoms with Gasteiger partial charge in [-0.05, 0) is 56.9 Å². The van der Waals surface area contributed by atoms with Gasteiger partial charge < -0.3 is 10.1 Å². The molecule has 196 valence electrons. The van der Waals surface area contributed by atoms with Crippen molar-refractivity contribution in [1.82, 2.24) is 24.6 Å². The molecule has 0 atom stereocenters. The molecule has 2 fully saturated rings. The third-order valence-electron chi connectivity index (χ3n) is 7.27. The van der Waals surface area contributed by atoms with Gasteiger partial charge in [-0.3, -0.25) is 14.7 Å². The van der Waals surface area contributed by atoms with Gasteiger partial charge in [0.05, 0.1) is 48.1 Å². The third-order valence-corrected chi connectivity index (χ3v) is 7.27. The molecule has 1 amide bonds. The van der Waals surface area contributed by atoms with E-state index in [1.54, 1.807) is 13.1 Å². The van der Waals surface area contributed by atoms with Crippen molar-refractivity contribution in [1.29, 1.82) is 0 Å². The largest absolute Gasteiger partial charge is 0.417 e. The van der Waals surface area contributed by atoms with Crippen LogP contribution in [0.3, 0.4) is 0 Å². The van der Waals surface area contributed by atoms with Crippen molar-refractivity contribution in [2.75, 3.05) is 31.6 Å². The highest BCUT2D eigenvalue weighted by Gasteiger charge is 2.31. The van der Waals surface area contributed by atoms with E-state index in [4.69, 9.17) is 4.74 Å². The maximum Gasteiger partial charge on any atom is 0.417 e. The van der Waals surface area contributed by atoms with Crippen molar-refractivity contribution in [2.45, 2.75) is 50.7 Å². The van der Waals surface area contributed by atoms with Crippen molar-refractivity contribution < 1.29 is 22.7 Å². The molecule has 0 aromatic carbocycles. The molecule has 0 unspecified atom stereocenters. The third kappa shape index (κ3) is 5.67. The molecule has 0 radical (unpaired) electrons. The zero-order chi connectivity index (χ0) is 26.0. The summed E-state index contributed by atoms with van der Waals surface area (Å²) in [5.74, 6) is 0.230. The average Bonchev–Trinajstić information content (AvgIpc) is 3.30. The van der Waals surface area contributed by atoms with Crippen LogP contribution < -0.4 is 5.32 Å². The number of halogens is 3. The molecule has 2 aliphatic rings. The number of morpholine rings is 1. The maximum atomic E-state index is 12.9. The van der Waals surface area contributed by atoms with Crippen LogP contribution in [0.4, 0.5) is 18.9 Å². The van der Waals surface area contributed by atoms with E-state index < -0.39 is 11.7 Å². The topological polar surface area (TPSA) is 85.2 Å². The molecule has 1 saturated carbocycles. The van der Waals surface area contributed by atoms with Crippen molar-refractivity contribution >= 4 is 11.6 Å². The standard InChI is InChI=1S/C26H29F3N6O2/c1-17-22(16-32-35(17)24-9-4-19(14-31-24)26(27,28)29)25(36)33-20-5-8-23(30-15-20)18-2-6-21(7-3-18)34-10-12-37-13-11-34/h4-5,8-9,14-16,18,21H,2-3,6-7,10-13H2,1H3,(H,33,36)/t18-,21-. The van der Waals surface area contributed by atoms with Gasteiger partial charge in [0.2, 0.25) is 0 Å². The number of aromatic nitrogens is 4. The highest BCUT2D eigenvalue weighted by molar-refractivity contribution is 6.04. The zero-order valence-corrected chi connectivity index (χ0v) is 20.5. The Kier molecular flexibility index (Phi) is 7.25. The van der Waals surface area contributed by atoms with E-state index in [1.165, 1.54) is 16.9 Å². The van der Waals surface area contributed by atoms with Crippen molar-refractivity contribution in [3.63, 3.8) is 0 Å². The molecular formula is C26H29F3N6O2. The van der Waals surface area contributed by atoms with Gasteiger partial charge in [-0.25, -0.2) is 9.67 Å². The second-order valence-electron chi connectivity index (χ2n) is 9.54. The molecule has 0 spiro atoms. The predicted octanol–water partition coefficient (Wildman–Crippen LogP) is 4.60. The Morgan fingerprint density at radius 1 is 1.00 bits per heavy atom. The van der Waals surface area contributed by atoms with E-state index in [-0.39, 0.29) is 11.7 Å². The average molecular weight is 515 g/mol. The van der Waals surface area contributed by atoms with Gasteiger partial charge in [-0.2, -0.15) is 18.3 Å². The fraction of sp³-hybridized carbons (Fsp3) is 0.462. The van der Waals surface area contributed by atoms with E-state index in [0.717, 1.165) is 69.9 Å². The molecule has 3 aromatic rings. The first-order valence-electron chi connectivity index (χ1n) is 12.5. The molecule has 8 nitrogen and oxygen atoms in total. The van der Waals surface area contributed by atoms with Crippen LogP contribution in [0.15, 0.2) is 42.9 Å². The van der Waals surface area contributed by atoms with Crippen LogP contribution in [0.2, 0.25) is 0 Å². The summed E-state index contributed by atoms with van der Waals surface area (Å²) >= 11 is 0. The van der Waals surface area contributed by atoms with Gasteiger partial charge >= 0.3 is 6.18 Å². The molecule has 11 heteroatoms. The second-order valence-corrected chi connectivity index (χ2v) is 9.54. The lowest BCUT2D eigenvalue weighted by Crippen LogP contribution is -2.44. The molecule has 4 heterocycles. The first-order valence-corrected chi connectivity index (χ1v) is 12.5. The molecule has 1 aliphatic heterocycles. The number of carbonyl (C=O) groups is 1. The molecular weight excluding hydrogens is 485 g/mol. The van der Waals surface area contributed by atoms with Gasteiger partial charge in [0.25, 0.3) is 5.91 Å². The van der Waals surface area contributed by atoms with Gasteiger partial charge in [0, 0.05) is 36.9 Å². The first kappa shape index (κ1) is 25.3. The number of alkyl halides is 3. The normalized spacial score (nSPS) is 21.1. The number of rotatable bonds is 5. The summed E-state index contributed by atoms with van der Waals surface area (Å²) in [6, 6.07) is 6.61. The van der Waals surface area contributed by atoms with E-state index in [0.29, 0.717) is 28.9 Å². The van der Waals surface area contributed by atoms with Crippen LogP contribution >= 0.6 is 0 Å². The Balaban J connectivity index is 1.19. The molecule has 0 bridgehead atoms. The SMILES string of the molecule is Cc1c(C(=O)Nc2ccc([C@H]3CC[C@H](N4CCOCC4)CC3)nc2)cnn1-c1ccc(C(F)(F)F)cn1. The van der Waals surface area contributed by atoms with E-state index in [9.17, 15) is 18.0 Å². The van der Waals surface area contributed by atoms with Crippen LogP contribution in [-0.2, 0) is 10.9 Å². The lowest BCUT2D eigenvalue weighted by molar-refractivity contribution is -0.137. The molecule has 1 N–H and O–H groups in total. The van der Waals surface area contributed by atoms with Crippen molar-refractivity contribution in [3.8, 4) is 5.82 Å². The second kappa shape index (κ2) is 10.6. The summed E-state index contributed by atoms with van der Waals surface area (Å²) in [7, 11) is 0. The molecule has 5 rings (SSSR count).